The fourth-order valence-electron chi connectivity index (χ4n) is 1.63. The van der Waals surface area contributed by atoms with Gasteiger partial charge in [-0.05, 0) is 43.5 Å². The zero-order valence-corrected chi connectivity index (χ0v) is 12.0. The summed E-state index contributed by atoms with van der Waals surface area (Å²) in [4.78, 5) is 5.55. The minimum Gasteiger partial charge on any atom is -0.489 e. The average Bonchev–Trinajstić information content (AvgIpc) is 2.47. The van der Waals surface area contributed by atoms with Gasteiger partial charge in [-0.2, -0.15) is 0 Å². The summed E-state index contributed by atoms with van der Waals surface area (Å²) in [5.41, 5.74) is 1.07. The molecule has 19 heavy (non-hydrogen) atoms. The smallest absolute Gasteiger partial charge is 0.125 e. The highest BCUT2D eigenvalue weighted by atomic mass is 32.2. The molecule has 0 unspecified atom stereocenters. The fraction of sp³-hybridized carbons (Fsp3) is 0.267. The molecule has 2 aromatic rings. The Hall–Kier alpha value is -1.68. The number of ether oxygens (including phenoxy) is 1. The van der Waals surface area contributed by atoms with Crippen molar-refractivity contribution in [3.05, 3.63) is 48.2 Å². The Bertz CT molecular complexity index is 497. The molecule has 0 bridgehead atoms. The van der Waals surface area contributed by atoms with Crippen molar-refractivity contribution >= 4 is 17.6 Å². The standard InChI is InChI=1S/C15H18N2OS/c1-3-16-15-9-4-12(10-17-15)11-18-13-5-7-14(19-2)8-6-13/h4-10H,3,11H2,1-2H3,(H,16,17). The number of nitrogens with one attached hydrogen (secondary N) is 1. The van der Waals surface area contributed by atoms with Crippen LogP contribution in [0.15, 0.2) is 47.5 Å². The third kappa shape index (κ3) is 4.17. The zero-order chi connectivity index (χ0) is 13.5. The quantitative estimate of drug-likeness (QED) is 0.812. The van der Waals surface area contributed by atoms with E-state index in [0.29, 0.717) is 6.61 Å². The van der Waals surface area contributed by atoms with Gasteiger partial charge in [0.15, 0.2) is 0 Å². The summed E-state index contributed by atoms with van der Waals surface area (Å²) in [6, 6.07) is 12.1. The van der Waals surface area contributed by atoms with Gasteiger partial charge < -0.3 is 10.1 Å². The number of nitrogens with zero attached hydrogens (tertiary/aromatic N) is 1. The van der Waals surface area contributed by atoms with E-state index in [2.05, 4.69) is 35.6 Å². The molecule has 0 fully saturated rings. The summed E-state index contributed by atoms with van der Waals surface area (Å²) in [6.45, 7) is 3.47. The fourth-order valence-corrected chi connectivity index (χ4v) is 2.04. The number of thioether (sulfide) groups is 1. The van der Waals surface area contributed by atoms with Crippen molar-refractivity contribution in [3.63, 3.8) is 0 Å². The maximum Gasteiger partial charge on any atom is 0.125 e. The molecule has 1 heterocycles. The molecular weight excluding hydrogens is 256 g/mol. The first-order valence-corrected chi connectivity index (χ1v) is 7.50. The molecule has 0 saturated heterocycles. The van der Waals surface area contributed by atoms with E-state index in [1.54, 1.807) is 11.8 Å². The van der Waals surface area contributed by atoms with Crippen LogP contribution in [-0.2, 0) is 6.61 Å². The lowest BCUT2D eigenvalue weighted by Crippen LogP contribution is -2.00. The Morgan fingerprint density at radius 2 is 1.95 bits per heavy atom. The summed E-state index contributed by atoms with van der Waals surface area (Å²) < 4.78 is 5.72. The summed E-state index contributed by atoms with van der Waals surface area (Å²) in [7, 11) is 0. The highest BCUT2D eigenvalue weighted by molar-refractivity contribution is 7.98. The van der Waals surface area contributed by atoms with Crippen LogP contribution in [0.25, 0.3) is 0 Å². The third-order valence-electron chi connectivity index (χ3n) is 2.65. The molecule has 0 atom stereocenters. The summed E-state index contributed by atoms with van der Waals surface area (Å²) in [6.07, 6.45) is 3.90. The van der Waals surface area contributed by atoms with Gasteiger partial charge in [0, 0.05) is 23.2 Å². The molecular formula is C15H18N2OS. The van der Waals surface area contributed by atoms with E-state index in [4.69, 9.17) is 4.74 Å². The average molecular weight is 274 g/mol. The van der Waals surface area contributed by atoms with Gasteiger partial charge in [0.25, 0.3) is 0 Å². The van der Waals surface area contributed by atoms with E-state index in [1.165, 1.54) is 4.90 Å². The molecule has 0 aliphatic heterocycles. The van der Waals surface area contributed by atoms with Crippen molar-refractivity contribution in [2.75, 3.05) is 18.1 Å². The molecule has 1 aromatic heterocycles. The van der Waals surface area contributed by atoms with Crippen LogP contribution >= 0.6 is 11.8 Å². The van der Waals surface area contributed by atoms with Crippen LogP contribution in [0.5, 0.6) is 5.75 Å². The molecule has 1 aromatic carbocycles. The summed E-state index contributed by atoms with van der Waals surface area (Å²) >= 11 is 1.73. The van der Waals surface area contributed by atoms with E-state index in [0.717, 1.165) is 23.7 Å². The molecule has 2 rings (SSSR count). The Kier molecular flexibility index (Phi) is 5.10. The van der Waals surface area contributed by atoms with Crippen LogP contribution in [0, 0.1) is 0 Å². The maximum absolute atomic E-state index is 5.72. The minimum absolute atomic E-state index is 0.540. The predicted octanol–water partition coefficient (Wildman–Crippen LogP) is 3.81. The molecule has 0 amide bonds. The second-order valence-electron chi connectivity index (χ2n) is 4.05. The molecule has 100 valence electrons. The molecule has 1 N–H and O–H groups in total. The third-order valence-corrected chi connectivity index (χ3v) is 3.39. The van der Waals surface area contributed by atoms with Gasteiger partial charge in [0.2, 0.25) is 0 Å². The van der Waals surface area contributed by atoms with Crippen LogP contribution in [-0.4, -0.2) is 17.8 Å². The van der Waals surface area contributed by atoms with Crippen LogP contribution in [0.4, 0.5) is 5.82 Å². The first-order chi connectivity index (χ1) is 9.31. The van der Waals surface area contributed by atoms with Gasteiger partial charge in [0.05, 0.1) is 0 Å². The van der Waals surface area contributed by atoms with E-state index < -0.39 is 0 Å². The lowest BCUT2D eigenvalue weighted by atomic mass is 10.3. The molecule has 0 aliphatic rings. The van der Waals surface area contributed by atoms with Crippen LogP contribution in [0.2, 0.25) is 0 Å². The Morgan fingerprint density at radius 1 is 1.16 bits per heavy atom. The predicted molar refractivity (Wildman–Crippen MR) is 81.0 cm³/mol. The van der Waals surface area contributed by atoms with Crippen LogP contribution in [0.3, 0.4) is 0 Å². The molecule has 4 heteroatoms. The van der Waals surface area contributed by atoms with Crippen molar-refractivity contribution in [3.8, 4) is 5.75 Å². The highest BCUT2D eigenvalue weighted by Crippen LogP contribution is 2.19. The van der Waals surface area contributed by atoms with Gasteiger partial charge in [-0.15, -0.1) is 11.8 Å². The molecule has 3 nitrogen and oxygen atoms in total. The summed E-state index contributed by atoms with van der Waals surface area (Å²) in [5.74, 6) is 1.78. The lowest BCUT2D eigenvalue weighted by Gasteiger charge is -2.07. The number of aromatic nitrogens is 1. The van der Waals surface area contributed by atoms with Crippen molar-refractivity contribution in [1.82, 2.24) is 4.98 Å². The SMILES string of the molecule is CCNc1ccc(COc2ccc(SC)cc2)cn1. The maximum atomic E-state index is 5.72. The van der Waals surface area contributed by atoms with Gasteiger partial charge in [0.1, 0.15) is 18.2 Å². The van der Waals surface area contributed by atoms with E-state index >= 15 is 0 Å². The Morgan fingerprint density at radius 3 is 2.53 bits per heavy atom. The number of pyridine rings is 1. The molecule has 0 spiro atoms. The van der Waals surface area contributed by atoms with Gasteiger partial charge in [-0.1, -0.05) is 6.07 Å². The number of benzene rings is 1. The topological polar surface area (TPSA) is 34.1 Å². The number of anilines is 1. The molecule has 0 saturated carbocycles. The largest absolute Gasteiger partial charge is 0.489 e. The van der Waals surface area contributed by atoms with Crippen molar-refractivity contribution in [2.45, 2.75) is 18.4 Å². The number of hydrogen-bond donors (Lipinski definition) is 1. The van der Waals surface area contributed by atoms with Crippen LogP contribution < -0.4 is 10.1 Å². The van der Waals surface area contributed by atoms with Crippen molar-refractivity contribution in [1.29, 1.82) is 0 Å². The van der Waals surface area contributed by atoms with Crippen molar-refractivity contribution < 1.29 is 4.74 Å². The van der Waals surface area contributed by atoms with E-state index in [1.807, 2.05) is 30.5 Å². The minimum atomic E-state index is 0.540. The van der Waals surface area contributed by atoms with E-state index in [9.17, 15) is 0 Å². The normalized spacial score (nSPS) is 10.2. The molecule has 0 aliphatic carbocycles. The number of rotatable bonds is 6. The van der Waals surface area contributed by atoms with Gasteiger partial charge in [-0.25, -0.2) is 4.98 Å². The highest BCUT2D eigenvalue weighted by Gasteiger charge is 1.98. The van der Waals surface area contributed by atoms with Gasteiger partial charge in [-0.3, -0.25) is 0 Å². The molecule has 0 radical (unpaired) electrons. The Balaban J connectivity index is 1.90. The first-order valence-electron chi connectivity index (χ1n) is 6.27. The number of hydrogen-bond acceptors (Lipinski definition) is 4. The van der Waals surface area contributed by atoms with E-state index in [-0.39, 0.29) is 0 Å². The zero-order valence-electron chi connectivity index (χ0n) is 11.2. The van der Waals surface area contributed by atoms with Crippen molar-refractivity contribution in [2.24, 2.45) is 0 Å². The second kappa shape index (κ2) is 7.04. The summed E-state index contributed by atoms with van der Waals surface area (Å²) in [5, 5.41) is 3.17. The Labute approximate surface area is 118 Å². The monoisotopic (exact) mass is 274 g/mol. The van der Waals surface area contributed by atoms with Gasteiger partial charge >= 0.3 is 0 Å². The first kappa shape index (κ1) is 13.7. The lowest BCUT2D eigenvalue weighted by molar-refractivity contribution is 0.305. The van der Waals surface area contributed by atoms with Crippen LogP contribution in [0.1, 0.15) is 12.5 Å². The second-order valence-corrected chi connectivity index (χ2v) is 4.93.